The van der Waals surface area contributed by atoms with Crippen LogP contribution in [0.5, 0.6) is 0 Å². The summed E-state index contributed by atoms with van der Waals surface area (Å²) in [5.74, 6) is -0.835. The van der Waals surface area contributed by atoms with Gasteiger partial charge in [0.1, 0.15) is 6.04 Å². The number of aliphatic carboxylic acids is 1. The van der Waals surface area contributed by atoms with Gasteiger partial charge in [-0.2, -0.15) is 0 Å². The molecule has 0 saturated heterocycles. The molecular weight excluding hydrogens is 242 g/mol. The third-order valence-electron chi connectivity index (χ3n) is 3.47. The van der Waals surface area contributed by atoms with Gasteiger partial charge in [-0.25, -0.2) is 4.98 Å². The zero-order chi connectivity index (χ0) is 13.4. The Balaban J connectivity index is 2.03. The van der Waals surface area contributed by atoms with Gasteiger partial charge in [-0.1, -0.05) is 29.8 Å². The molecule has 1 aromatic carbocycles. The topological polar surface area (TPSA) is 78.0 Å². The Kier molecular flexibility index (Phi) is 2.83. The number of rotatable bonds is 2. The van der Waals surface area contributed by atoms with E-state index >= 15 is 0 Å². The maximum Gasteiger partial charge on any atom is 0.321 e. The highest BCUT2D eigenvalue weighted by atomic mass is 16.4. The van der Waals surface area contributed by atoms with Gasteiger partial charge in [0, 0.05) is 12.1 Å². The number of H-pyrrole nitrogens is 1. The van der Waals surface area contributed by atoms with Crippen LogP contribution in [-0.4, -0.2) is 27.1 Å². The van der Waals surface area contributed by atoms with Gasteiger partial charge in [0.2, 0.25) is 0 Å². The average molecular weight is 257 g/mol. The fraction of sp³-hybridized carbons (Fsp3) is 0.286. The molecular formula is C14H15N3O2. The number of carboxylic acid groups (broad SMARTS) is 1. The summed E-state index contributed by atoms with van der Waals surface area (Å²) in [6.07, 6.45) is 2.06. The number of nitrogens with one attached hydrogen (secondary N) is 2. The molecule has 3 rings (SSSR count). The Labute approximate surface area is 110 Å². The van der Waals surface area contributed by atoms with Crippen molar-refractivity contribution in [3.63, 3.8) is 0 Å². The van der Waals surface area contributed by atoms with E-state index in [9.17, 15) is 9.90 Å². The van der Waals surface area contributed by atoms with Crippen LogP contribution in [-0.2, 0) is 11.2 Å². The van der Waals surface area contributed by atoms with Gasteiger partial charge in [0.05, 0.1) is 18.1 Å². The second-order valence-electron chi connectivity index (χ2n) is 4.88. The van der Waals surface area contributed by atoms with Gasteiger partial charge in [-0.05, 0) is 12.5 Å². The minimum absolute atomic E-state index is 0.170. The molecule has 0 spiro atoms. The standard InChI is InChI=1S/C14H15N3O2/c1-8-3-2-4-9(5-8)12-13-10(15-7-16-13)6-11(17-12)14(18)19/h2-5,7,11-12,17H,6H2,1H3,(H,15,16)(H,18,19)/t11-,12-/m0/s1. The maximum absolute atomic E-state index is 11.2. The molecule has 0 saturated carbocycles. The number of imidazole rings is 1. The molecule has 2 atom stereocenters. The molecule has 2 aromatic rings. The normalized spacial score (nSPS) is 21.9. The number of fused-ring (bicyclic) bond motifs is 1. The molecule has 5 nitrogen and oxygen atoms in total. The summed E-state index contributed by atoms with van der Waals surface area (Å²) in [6.45, 7) is 2.02. The number of hydrogen-bond donors (Lipinski definition) is 3. The van der Waals surface area contributed by atoms with Crippen molar-refractivity contribution in [2.75, 3.05) is 0 Å². The fourth-order valence-electron chi connectivity index (χ4n) is 2.55. The molecule has 0 fully saturated rings. The molecule has 98 valence electrons. The van der Waals surface area contributed by atoms with Gasteiger partial charge in [0.25, 0.3) is 0 Å². The van der Waals surface area contributed by atoms with Crippen molar-refractivity contribution in [2.45, 2.75) is 25.4 Å². The van der Waals surface area contributed by atoms with Crippen LogP contribution in [0.15, 0.2) is 30.6 Å². The lowest BCUT2D eigenvalue weighted by molar-refractivity contribution is -0.139. The van der Waals surface area contributed by atoms with Crippen LogP contribution < -0.4 is 5.32 Å². The first-order valence-corrected chi connectivity index (χ1v) is 6.22. The molecule has 3 N–H and O–H groups in total. The van der Waals surface area contributed by atoms with Crippen molar-refractivity contribution in [1.29, 1.82) is 0 Å². The monoisotopic (exact) mass is 257 g/mol. The lowest BCUT2D eigenvalue weighted by atomic mass is 9.93. The Morgan fingerprint density at radius 1 is 1.47 bits per heavy atom. The molecule has 5 heteroatoms. The van der Waals surface area contributed by atoms with E-state index in [1.54, 1.807) is 6.33 Å². The molecule has 0 radical (unpaired) electrons. The van der Waals surface area contributed by atoms with Crippen molar-refractivity contribution in [3.8, 4) is 0 Å². The summed E-state index contributed by atoms with van der Waals surface area (Å²) in [6, 6.07) is 7.29. The first-order chi connectivity index (χ1) is 9.15. The number of carboxylic acids is 1. The summed E-state index contributed by atoms with van der Waals surface area (Å²) in [5.41, 5.74) is 3.98. The Bertz CT molecular complexity index is 621. The highest BCUT2D eigenvalue weighted by Gasteiger charge is 2.32. The Hall–Kier alpha value is -2.14. The predicted octanol–water partition coefficient (Wildman–Crippen LogP) is 1.41. The lowest BCUT2D eigenvalue weighted by Crippen LogP contribution is -2.45. The Morgan fingerprint density at radius 3 is 3.05 bits per heavy atom. The number of hydrogen-bond acceptors (Lipinski definition) is 3. The van der Waals surface area contributed by atoms with Gasteiger partial charge in [-0.3, -0.25) is 10.1 Å². The SMILES string of the molecule is Cc1cccc([C@@H]2N[C@H](C(=O)O)Cc3[nH]cnc32)c1. The number of benzene rings is 1. The molecule has 0 aliphatic carbocycles. The number of nitrogens with zero attached hydrogens (tertiary/aromatic N) is 1. The lowest BCUT2D eigenvalue weighted by Gasteiger charge is -2.28. The van der Waals surface area contributed by atoms with Gasteiger partial charge < -0.3 is 10.1 Å². The molecule has 0 bridgehead atoms. The van der Waals surface area contributed by atoms with Crippen LogP contribution >= 0.6 is 0 Å². The maximum atomic E-state index is 11.2. The third-order valence-corrected chi connectivity index (χ3v) is 3.47. The largest absolute Gasteiger partial charge is 0.480 e. The quantitative estimate of drug-likeness (QED) is 0.760. The molecule has 2 heterocycles. The van der Waals surface area contributed by atoms with Crippen LogP contribution in [0.3, 0.4) is 0 Å². The first-order valence-electron chi connectivity index (χ1n) is 6.22. The van der Waals surface area contributed by atoms with Gasteiger partial charge >= 0.3 is 5.97 Å². The van der Waals surface area contributed by atoms with E-state index in [1.165, 1.54) is 0 Å². The summed E-state index contributed by atoms with van der Waals surface area (Å²) >= 11 is 0. The fourth-order valence-corrected chi connectivity index (χ4v) is 2.55. The van der Waals surface area contributed by atoms with Crippen molar-refractivity contribution in [1.82, 2.24) is 15.3 Å². The summed E-state index contributed by atoms with van der Waals surface area (Å²) < 4.78 is 0. The average Bonchev–Trinajstić information content (AvgIpc) is 2.85. The molecule has 1 aliphatic heterocycles. The van der Waals surface area contributed by atoms with Crippen molar-refractivity contribution in [2.24, 2.45) is 0 Å². The van der Waals surface area contributed by atoms with E-state index < -0.39 is 12.0 Å². The second kappa shape index (κ2) is 4.51. The summed E-state index contributed by atoms with van der Waals surface area (Å²) in [5, 5.41) is 12.4. The third kappa shape index (κ3) is 2.13. The number of aromatic nitrogens is 2. The molecule has 0 amide bonds. The van der Waals surface area contributed by atoms with E-state index in [0.717, 1.165) is 22.5 Å². The minimum atomic E-state index is -0.835. The smallest absolute Gasteiger partial charge is 0.321 e. The molecule has 1 aliphatic rings. The molecule has 1 aromatic heterocycles. The number of aromatic amines is 1. The number of aryl methyl sites for hydroxylation is 1. The van der Waals surface area contributed by atoms with E-state index in [2.05, 4.69) is 21.4 Å². The van der Waals surface area contributed by atoms with E-state index in [4.69, 9.17) is 0 Å². The van der Waals surface area contributed by atoms with Gasteiger partial charge in [-0.15, -0.1) is 0 Å². The van der Waals surface area contributed by atoms with E-state index in [-0.39, 0.29) is 6.04 Å². The van der Waals surface area contributed by atoms with Crippen molar-refractivity contribution in [3.05, 3.63) is 53.1 Å². The first kappa shape index (κ1) is 11.9. The van der Waals surface area contributed by atoms with Crippen LogP contribution in [0.4, 0.5) is 0 Å². The Morgan fingerprint density at radius 2 is 2.32 bits per heavy atom. The van der Waals surface area contributed by atoms with E-state index in [0.29, 0.717) is 6.42 Å². The minimum Gasteiger partial charge on any atom is -0.480 e. The number of carbonyl (C=O) groups is 1. The zero-order valence-electron chi connectivity index (χ0n) is 10.6. The van der Waals surface area contributed by atoms with Gasteiger partial charge in [0.15, 0.2) is 0 Å². The zero-order valence-corrected chi connectivity index (χ0v) is 10.6. The second-order valence-corrected chi connectivity index (χ2v) is 4.88. The molecule has 19 heavy (non-hydrogen) atoms. The van der Waals surface area contributed by atoms with Crippen LogP contribution in [0.2, 0.25) is 0 Å². The highest BCUT2D eigenvalue weighted by molar-refractivity contribution is 5.74. The van der Waals surface area contributed by atoms with Crippen LogP contribution in [0.25, 0.3) is 0 Å². The predicted molar refractivity (Wildman–Crippen MR) is 69.9 cm³/mol. The summed E-state index contributed by atoms with van der Waals surface area (Å²) in [4.78, 5) is 18.6. The van der Waals surface area contributed by atoms with Crippen molar-refractivity contribution < 1.29 is 9.90 Å². The van der Waals surface area contributed by atoms with Crippen LogP contribution in [0.1, 0.15) is 28.6 Å². The summed E-state index contributed by atoms with van der Waals surface area (Å²) in [7, 11) is 0. The van der Waals surface area contributed by atoms with Crippen molar-refractivity contribution >= 4 is 5.97 Å². The highest BCUT2D eigenvalue weighted by Crippen LogP contribution is 2.28. The molecule has 0 unspecified atom stereocenters. The van der Waals surface area contributed by atoms with Crippen LogP contribution in [0, 0.1) is 6.92 Å². The van der Waals surface area contributed by atoms with E-state index in [1.807, 2.05) is 25.1 Å².